The van der Waals surface area contributed by atoms with E-state index in [1.54, 1.807) is 18.3 Å². The van der Waals surface area contributed by atoms with Crippen LogP contribution in [0.2, 0.25) is 5.02 Å². The van der Waals surface area contributed by atoms with Crippen molar-refractivity contribution < 1.29 is 4.39 Å². The number of H-pyrrole nitrogens is 1. The fourth-order valence-electron chi connectivity index (χ4n) is 2.58. The monoisotopic (exact) mass is 464 g/mol. The fraction of sp³-hybridized carbons (Fsp3) is 0.0556. The molecular weight excluding hydrogens is 455 g/mol. The zero-order valence-corrected chi connectivity index (χ0v) is 16.8. The Bertz CT molecular complexity index is 1170. The van der Waals surface area contributed by atoms with Crippen LogP contribution in [-0.4, -0.2) is 19.6 Å². The first-order valence-electron chi connectivity index (χ1n) is 7.82. The maximum Gasteiger partial charge on any atom is 0.350 e. The van der Waals surface area contributed by atoms with Crippen molar-refractivity contribution in [3.63, 3.8) is 0 Å². The Labute approximate surface area is 170 Å². The average molecular weight is 466 g/mol. The highest BCUT2D eigenvalue weighted by Crippen LogP contribution is 2.28. The normalized spacial score (nSPS) is 11.2. The molecule has 1 N–H and O–H groups in total. The quantitative estimate of drug-likeness (QED) is 0.434. The summed E-state index contributed by atoms with van der Waals surface area (Å²) < 4.78 is 16.1. The maximum atomic E-state index is 13.9. The molecule has 0 fully saturated rings. The molecule has 0 aliphatic carbocycles. The highest BCUT2D eigenvalue weighted by Gasteiger charge is 2.14. The second-order valence-electron chi connectivity index (χ2n) is 5.64. The van der Waals surface area contributed by atoms with Gasteiger partial charge in [-0.05, 0) is 29.8 Å². The van der Waals surface area contributed by atoms with Crippen LogP contribution >= 0.6 is 39.3 Å². The van der Waals surface area contributed by atoms with E-state index in [1.165, 1.54) is 22.3 Å². The molecule has 0 amide bonds. The van der Waals surface area contributed by atoms with Gasteiger partial charge in [0, 0.05) is 26.4 Å². The van der Waals surface area contributed by atoms with E-state index in [0.717, 1.165) is 15.6 Å². The summed E-state index contributed by atoms with van der Waals surface area (Å²) in [5.41, 5.74) is 2.01. The predicted molar refractivity (Wildman–Crippen MR) is 108 cm³/mol. The van der Waals surface area contributed by atoms with Crippen molar-refractivity contribution in [1.29, 1.82) is 0 Å². The number of halogens is 3. The van der Waals surface area contributed by atoms with Crippen molar-refractivity contribution in [1.82, 2.24) is 19.6 Å². The summed E-state index contributed by atoms with van der Waals surface area (Å²) in [7, 11) is 0. The van der Waals surface area contributed by atoms with E-state index in [1.807, 2.05) is 24.3 Å². The SMILES string of the molecule is O=c1[nH]c(SCc2c(F)cccc2Cl)nc2c(-c3ccc(Br)cc3)cnn12. The third kappa shape index (κ3) is 3.65. The summed E-state index contributed by atoms with van der Waals surface area (Å²) in [4.78, 5) is 19.5. The molecule has 0 radical (unpaired) electrons. The maximum absolute atomic E-state index is 13.9. The van der Waals surface area contributed by atoms with Crippen LogP contribution in [0.1, 0.15) is 5.56 Å². The third-order valence-electron chi connectivity index (χ3n) is 3.93. The van der Waals surface area contributed by atoms with Crippen LogP contribution in [0.5, 0.6) is 0 Å². The summed E-state index contributed by atoms with van der Waals surface area (Å²) in [5, 5.41) is 4.82. The molecule has 4 aromatic rings. The molecule has 0 unspecified atom stereocenters. The molecule has 2 heterocycles. The Balaban J connectivity index is 1.71. The van der Waals surface area contributed by atoms with Gasteiger partial charge < -0.3 is 0 Å². The molecule has 0 aliphatic heterocycles. The van der Waals surface area contributed by atoms with Crippen molar-refractivity contribution in [2.75, 3.05) is 0 Å². The fourth-order valence-corrected chi connectivity index (χ4v) is 4.04. The summed E-state index contributed by atoms with van der Waals surface area (Å²) in [6.45, 7) is 0. The lowest BCUT2D eigenvalue weighted by Crippen LogP contribution is -2.19. The van der Waals surface area contributed by atoms with Crippen molar-refractivity contribution in [2.24, 2.45) is 0 Å². The van der Waals surface area contributed by atoms with Gasteiger partial charge in [0.2, 0.25) is 0 Å². The molecule has 0 atom stereocenters. The standard InChI is InChI=1S/C18H11BrClFN4OS/c19-11-6-4-10(5-7-11)12-8-22-25-16(12)23-17(24-18(25)26)27-9-13-14(20)2-1-3-15(13)21/h1-8H,9H2,(H,23,24,26). The van der Waals surface area contributed by atoms with E-state index in [4.69, 9.17) is 11.6 Å². The van der Waals surface area contributed by atoms with Gasteiger partial charge in [0.05, 0.1) is 6.20 Å². The van der Waals surface area contributed by atoms with Crippen molar-refractivity contribution in [2.45, 2.75) is 10.9 Å². The van der Waals surface area contributed by atoms with E-state index in [2.05, 4.69) is 31.0 Å². The van der Waals surface area contributed by atoms with E-state index < -0.39 is 11.5 Å². The number of thioether (sulfide) groups is 1. The zero-order chi connectivity index (χ0) is 19.0. The first kappa shape index (κ1) is 18.2. The Morgan fingerprint density at radius 3 is 2.74 bits per heavy atom. The number of aromatic nitrogens is 4. The molecule has 2 aromatic carbocycles. The molecule has 136 valence electrons. The Kier molecular flexibility index (Phi) is 5.03. The molecule has 9 heteroatoms. The van der Waals surface area contributed by atoms with Crippen LogP contribution in [0.15, 0.2) is 63.1 Å². The molecule has 2 aromatic heterocycles. The molecule has 27 heavy (non-hydrogen) atoms. The predicted octanol–water partition coefficient (Wildman–Crippen LogP) is 4.93. The number of nitrogens with one attached hydrogen (secondary N) is 1. The van der Waals surface area contributed by atoms with Gasteiger partial charge in [0.25, 0.3) is 0 Å². The van der Waals surface area contributed by atoms with E-state index in [0.29, 0.717) is 21.4 Å². The van der Waals surface area contributed by atoms with Crippen LogP contribution in [0.4, 0.5) is 4.39 Å². The van der Waals surface area contributed by atoms with Gasteiger partial charge in [0.1, 0.15) is 5.82 Å². The van der Waals surface area contributed by atoms with Crippen LogP contribution in [-0.2, 0) is 5.75 Å². The molecular formula is C18H11BrClFN4OS. The molecule has 0 bridgehead atoms. The molecule has 0 spiro atoms. The lowest BCUT2D eigenvalue weighted by Gasteiger charge is -2.06. The summed E-state index contributed by atoms with van der Waals surface area (Å²) >= 11 is 10.7. The lowest BCUT2D eigenvalue weighted by molar-refractivity contribution is 0.617. The van der Waals surface area contributed by atoms with E-state index >= 15 is 0 Å². The van der Waals surface area contributed by atoms with Crippen LogP contribution < -0.4 is 5.69 Å². The minimum Gasteiger partial charge on any atom is -0.285 e. The number of nitrogens with zero attached hydrogens (tertiary/aromatic N) is 3. The molecule has 0 saturated heterocycles. The number of benzene rings is 2. The zero-order valence-electron chi connectivity index (χ0n) is 13.6. The van der Waals surface area contributed by atoms with Gasteiger partial charge in [-0.25, -0.2) is 14.2 Å². The third-order valence-corrected chi connectivity index (χ3v) is 5.71. The summed E-state index contributed by atoms with van der Waals surface area (Å²) in [5.74, 6) is -0.148. The molecule has 0 saturated carbocycles. The second-order valence-corrected chi connectivity index (χ2v) is 7.92. The van der Waals surface area contributed by atoms with E-state index in [-0.39, 0.29) is 5.75 Å². The number of rotatable bonds is 4. The highest BCUT2D eigenvalue weighted by atomic mass is 79.9. The second kappa shape index (κ2) is 7.46. The van der Waals surface area contributed by atoms with Gasteiger partial charge >= 0.3 is 5.69 Å². The first-order valence-corrected chi connectivity index (χ1v) is 9.98. The minimum atomic E-state index is -0.412. The van der Waals surface area contributed by atoms with E-state index in [9.17, 15) is 9.18 Å². The minimum absolute atomic E-state index is 0.242. The van der Waals surface area contributed by atoms with Gasteiger partial charge in [-0.15, -0.1) is 0 Å². The van der Waals surface area contributed by atoms with Crippen molar-refractivity contribution in [3.05, 3.63) is 80.0 Å². The van der Waals surface area contributed by atoms with Crippen molar-refractivity contribution in [3.8, 4) is 11.1 Å². The summed E-state index contributed by atoms with van der Waals surface area (Å²) in [6, 6.07) is 12.2. The van der Waals surface area contributed by atoms with Crippen LogP contribution in [0, 0.1) is 5.82 Å². The van der Waals surface area contributed by atoms with Gasteiger partial charge in [-0.2, -0.15) is 9.61 Å². The van der Waals surface area contributed by atoms with Crippen LogP contribution in [0.3, 0.4) is 0 Å². The molecule has 0 aliphatic rings. The number of fused-ring (bicyclic) bond motifs is 1. The van der Waals surface area contributed by atoms with Gasteiger partial charge in [0.15, 0.2) is 10.8 Å². The number of aromatic amines is 1. The van der Waals surface area contributed by atoms with Gasteiger partial charge in [-0.3, -0.25) is 4.98 Å². The smallest absolute Gasteiger partial charge is 0.285 e. The van der Waals surface area contributed by atoms with Gasteiger partial charge in [-0.1, -0.05) is 57.5 Å². The highest BCUT2D eigenvalue weighted by molar-refractivity contribution is 9.10. The largest absolute Gasteiger partial charge is 0.350 e. The number of hydrogen-bond donors (Lipinski definition) is 1. The van der Waals surface area contributed by atoms with Crippen LogP contribution in [0.25, 0.3) is 16.8 Å². The number of hydrogen-bond acceptors (Lipinski definition) is 4. The summed E-state index contributed by atoms with van der Waals surface area (Å²) in [6.07, 6.45) is 1.60. The molecule has 5 nitrogen and oxygen atoms in total. The lowest BCUT2D eigenvalue weighted by atomic mass is 10.1. The Hall–Kier alpha value is -2.16. The Morgan fingerprint density at radius 1 is 1.22 bits per heavy atom. The molecule has 4 rings (SSSR count). The van der Waals surface area contributed by atoms with Crippen molar-refractivity contribution >= 4 is 44.9 Å². The average Bonchev–Trinajstić information content (AvgIpc) is 3.06. The first-order chi connectivity index (χ1) is 13.0. The topological polar surface area (TPSA) is 63.0 Å². The Morgan fingerprint density at radius 2 is 2.00 bits per heavy atom.